The van der Waals surface area contributed by atoms with Gasteiger partial charge in [-0.05, 0) is 24.7 Å². The molecular formula is C17H20N4O. The van der Waals surface area contributed by atoms with Gasteiger partial charge in [0.1, 0.15) is 0 Å². The van der Waals surface area contributed by atoms with E-state index in [1.54, 1.807) is 6.20 Å². The Labute approximate surface area is 129 Å². The van der Waals surface area contributed by atoms with Crippen molar-refractivity contribution in [2.24, 2.45) is 17.6 Å². The van der Waals surface area contributed by atoms with Crippen LogP contribution in [0.5, 0.6) is 0 Å². The molecule has 1 aromatic heterocycles. The lowest BCUT2D eigenvalue weighted by molar-refractivity contribution is 0.0785. The average Bonchev–Trinajstić information content (AvgIpc) is 3.13. The number of aromatic amines is 1. The highest BCUT2D eigenvalue weighted by molar-refractivity contribution is 5.99. The SMILES string of the molecule is N[C@H]1CN(C(=O)c2cn[nH]c2-c2ccccc2)C[C@@H]1C1CC1. The average molecular weight is 296 g/mol. The third kappa shape index (κ3) is 2.31. The van der Waals surface area contributed by atoms with Crippen molar-refractivity contribution in [3.63, 3.8) is 0 Å². The van der Waals surface area contributed by atoms with Crippen molar-refractivity contribution in [3.05, 3.63) is 42.1 Å². The Balaban J connectivity index is 1.58. The largest absolute Gasteiger partial charge is 0.337 e. The number of hydrogen-bond donors (Lipinski definition) is 2. The zero-order valence-electron chi connectivity index (χ0n) is 12.4. The lowest BCUT2D eigenvalue weighted by Crippen LogP contribution is -2.32. The van der Waals surface area contributed by atoms with Gasteiger partial charge in [0, 0.05) is 24.7 Å². The van der Waals surface area contributed by atoms with Gasteiger partial charge in [-0.2, -0.15) is 5.10 Å². The third-order valence-electron chi connectivity index (χ3n) is 4.86. The first-order valence-electron chi connectivity index (χ1n) is 7.87. The van der Waals surface area contributed by atoms with E-state index in [1.807, 2.05) is 35.2 Å². The molecule has 0 spiro atoms. The van der Waals surface area contributed by atoms with Crippen LogP contribution in [0.25, 0.3) is 11.3 Å². The highest BCUT2D eigenvalue weighted by Crippen LogP contribution is 2.41. The standard InChI is InChI=1S/C17H20N4O/c18-15-10-21(9-14(15)11-6-7-11)17(22)13-8-19-20-16(13)12-4-2-1-3-5-12/h1-5,8,11,14-15H,6-7,9-10,18H2,(H,19,20)/t14-,15+/m1/s1. The first-order chi connectivity index (χ1) is 10.7. The molecule has 114 valence electrons. The van der Waals surface area contributed by atoms with Gasteiger partial charge in [-0.15, -0.1) is 0 Å². The first kappa shape index (κ1) is 13.5. The van der Waals surface area contributed by atoms with Gasteiger partial charge in [-0.25, -0.2) is 0 Å². The van der Waals surface area contributed by atoms with Crippen LogP contribution in [-0.2, 0) is 0 Å². The summed E-state index contributed by atoms with van der Waals surface area (Å²) in [5, 5.41) is 7.03. The zero-order valence-corrected chi connectivity index (χ0v) is 12.4. The zero-order chi connectivity index (χ0) is 15.1. The third-order valence-corrected chi connectivity index (χ3v) is 4.86. The number of likely N-dealkylation sites (tertiary alicyclic amines) is 1. The summed E-state index contributed by atoms with van der Waals surface area (Å²) < 4.78 is 0. The van der Waals surface area contributed by atoms with E-state index in [1.165, 1.54) is 12.8 Å². The number of carbonyl (C=O) groups excluding carboxylic acids is 1. The molecule has 1 aliphatic carbocycles. The molecule has 22 heavy (non-hydrogen) atoms. The molecule has 2 aliphatic rings. The Hall–Kier alpha value is -2.14. The van der Waals surface area contributed by atoms with Crippen LogP contribution >= 0.6 is 0 Å². The fourth-order valence-corrected chi connectivity index (χ4v) is 3.49. The summed E-state index contributed by atoms with van der Waals surface area (Å²) in [7, 11) is 0. The number of nitrogens with zero attached hydrogens (tertiary/aromatic N) is 2. The second kappa shape index (κ2) is 5.25. The molecule has 2 atom stereocenters. The Morgan fingerprint density at radius 1 is 1.23 bits per heavy atom. The van der Waals surface area contributed by atoms with Crippen molar-refractivity contribution < 1.29 is 4.79 Å². The fraction of sp³-hybridized carbons (Fsp3) is 0.412. The number of nitrogens with one attached hydrogen (secondary N) is 1. The van der Waals surface area contributed by atoms with Crippen molar-refractivity contribution in [2.75, 3.05) is 13.1 Å². The fourth-order valence-electron chi connectivity index (χ4n) is 3.49. The summed E-state index contributed by atoms with van der Waals surface area (Å²) in [6.07, 6.45) is 4.16. The predicted octanol–water partition coefficient (Wildman–Crippen LogP) is 1.89. The van der Waals surface area contributed by atoms with Gasteiger partial charge in [0.05, 0.1) is 17.5 Å². The van der Waals surface area contributed by atoms with Gasteiger partial charge in [0.25, 0.3) is 5.91 Å². The Morgan fingerprint density at radius 3 is 2.73 bits per heavy atom. The first-order valence-corrected chi connectivity index (χ1v) is 7.87. The molecule has 1 aliphatic heterocycles. The molecule has 1 aromatic carbocycles. The van der Waals surface area contributed by atoms with E-state index in [2.05, 4.69) is 10.2 Å². The Morgan fingerprint density at radius 2 is 2.00 bits per heavy atom. The quantitative estimate of drug-likeness (QED) is 0.908. The van der Waals surface area contributed by atoms with E-state index in [0.717, 1.165) is 23.7 Å². The number of rotatable bonds is 3. The number of hydrogen-bond acceptors (Lipinski definition) is 3. The molecule has 1 saturated heterocycles. The Bertz CT molecular complexity index is 677. The second-order valence-electron chi connectivity index (χ2n) is 6.40. The number of amides is 1. The summed E-state index contributed by atoms with van der Waals surface area (Å²) in [6.45, 7) is 1.43. The lowest BCUT2D eigenvalue weighted by Gasteiger charge is -2.16. The molecule has 0 radical (unpaired) electrons. The van der Waals surface area contributed by atoms with Crippen molar-refractivity contribution in [1.82, 2.24) is 15.1 Å². The van der Waals surface area contributed by atoms with E-state index in [9.17, 15) is 4.79 Å². The number of aromatic nitrogens is 2. The smallest absolute Gasteiger partial charge is 0.257 e. The maximum atomic E-state index is 12.8. The summed E-state index contributed by atoms with van der Waals surface area (Å²) in [5.41, 5.74) is 8.63. The molecule has 3 N–H and O–H groups in total. The van der Waals surface area contributed by atoms with Gasteiger partial charge in [0.15, 0.2) is 0 Å². The Kier molecular flexibility index (Phi) is 3.22. The van der Waals surface area contributed by atoms with Gasteiger partial charge >= 0.3 is 0 Å². The van der Waals surface area contributed by atoms with Gasteiger partial charge in [-0.3, -0.25) is 9.89 Å². The molecule has 0 unspecified atom stereocenters. The molecule has 2 fully saturated rings. The summed E-state index contributed by atoms with van der Waals surface area (Å²) in [5.74, 6) is 1.23. The number of benzene rings is 1. The molecule has 5 nitrogen and oxygen atoms in total. The minimum Gasteiger partial charge on any atom is -0.337 e. The molecule has 5 heteroatoms. The lowest BCUT2D eigenvalue weighted by atomic mass is 9.99. The van der Waals surface area contributed by atoms with E-state index in [-0.39, 0.29) is 11.9 Å². The molecule has 4 rings (SSSR count). The molecule has 2 heterocycles. The maximum Gasteiger partial charge on any atom is 0.257 e. The van der Waals surface area contributed by atoms with Gasteiger partial charge in [0.2, 0.25) is 0 Å². The predicted molar refractivity (Wildman–Crippen MR) is 84.1 cm³/mol. The molecule has 1 amide bonds. The van der Waals surface area contributed by atoms with Crippen LogP contribution in [0.3, 0.4) is 0 Å². The summed E-state index contributed by atoms with van der Waals surface area (Å²) >= 11 is 0. The van der Waals surface area contributed by atoms with Gasteiger partial charge in [-0.1, -0.05) is 30.3 Å². The van der Waals surface area contributed by atoms with Crippen molar-refractivity contribution in [1.29, 1.82) is 0 Å². The molecule has 1 saturated carbocycles. The summed E-state index contributed by atoms with van der Waals surface area (Å²) in [6, 6.07) is 9.95. The van der Waals surface area contributed by atoms with E-state index >= 15 is 0 Å². The van der Waals surface area contributed by atoms with Crippen molar-refractivity contribution in [2.45, 2.75) is 18.9 Å². The van der Waals surface area contributed by atoms with Crippen LogP contribution in [0, 0.1) is 11.8 Å². The van der Waals surface area contributed by atoms with Crippen molar-refractivity contribution >= 4 is 5.91 Å². The molecular weight excluding hydrogens is 276 g/mol. The van der Waals surface area contributed by atoms with E-state index in [0.29, 0.717) is 18.0 Å². The minimum absolute atomic E-state index is 0.0335. The van der Waals surface area contributed by atoms with Crippen molar-refractivity contribution in [3.8, 4) is 11.3 Å². The highest BCUT2D eigenvalue weighted by atomic mass is 16.2. The van der Waals surface area contributed by atoms with Gasteiger partial charge < -0.3 is 10.6 Å². The van der Waals surface area contributed by atoms with Crippen LogP contribution in [0.15, 0.2) is 36.5 Å². The topological polar surface area (TPSA) is 75.0 Å². The van der Waals surface area contributed by atoms with E-state index in [4.69, 9.17) is 5.73 Å². The minimum atomic E-state index is 0.0335. The molecule has 2 aromatic rings. The maximum absolute atomic E-state index is 12.8. The normalized spacial score (nSPS) is 24.7. The van der Waals surface area contributed by atoms with E-state index < -0.39 is 0 Å². The number of carbonyl (C=O) groups is 1. The number of H-pyrrole nitrogens is 1. The highest BCUT2D eigenvalue weighted by Gasteiger charge is 2.42. The second-order valence-corrected chi connectivity index (χ2v) is 6.40. The van der Waals surface area contributed by atoms with Crippen LogP contribution in [-0.4, -0.2) is 40.1 Å². The van der Waals surface area contributed by atoms with Crippen LogP contribution in [0.4, 0.5) is 0 Å². The summed E-state index contributed by atoms with van der Waals surface area (Å²) in [4.78, 5) is 14.7. The molecule has 0 bridgehead atoms. The van der Waals surface area contributed by atoms with Crippen LogP contribution in [0.1, 0.15) is 23.2 Å². The van der Waals surface area contributed by atoms with Crippen LogP contribution < -0.4 is 5.73 Å². The monoisotopic (exact) mass is 296 g/mol. The number of nitrogens with two attached hydrogens (primary N) is 1. The van der Waals surface area contributed by atoms with Crippen LogP contribution in [0.2, 0.25) is 0 Å².